The molecule has 3 heteroatoms. The highest BCUT2D eigenvalue weighted by atomic mass is 79.9. The highest BCUT2D eigenvalue weighted by molar-refractivity contribution is 9.10. The lowest BCUT2D eigenvalue weighted by atomic mass is 9.98. The van der Waals surface area contributed by atoms with E-state index in [-0.39, 0.29) is 0 Å². The van der Waals surface area contributed by atoms with Gasteiger partial charge in [0.2, 0.25) is 0 Å². The van der Waals surface area contributed by atoms with Crippen molar-refractivity contribution in [2.45, 2.75) is 12.8 Å². The molecule has 0 bridgehead atoms. The molecule has 106 valence electrons. The van der Waals surface area contributed by atoms with Gasteiger partial charge in [0.25, 0.3) is 0 Å². The van der Waals surface area contributed by atoms with Crippen molar-refractivity contribution in [2.75, 3.05) is 11.9 Å². The average Bonchev–Trinajstić information content (AvgIpc) is 2.49. The Kier molecular flexibility index (Phi) is 6.61. The van der Waals surface area contributed by atoms with E-state index in [2.05, 4.69) is 56.1 Å². The van der Waals surface area contributed by atoms with Gasteiger partial charge >= 0.3 is 0 Å². The molecule has 1 nitrogen and oxygen atoms in total. The highest BCUT2D eigenvalue weighted by Gasteiger charge is 2.10. The molecule has 0 aliphatic heterocycles. The van der Waals surface area contributed by atoms with E-state index in [1.54, 1.807) is 0 Å². The molecule has 0 amide bonds. The number of halogens is 2. The first-order valence-corrected chi connectivity index (χ1v) is 8.68. The number of benzene rings is 2. The second kappa shape index (κ2) is 8.48. The topological polar surface area (TPSA) is 9.23 Å². The Bertz CT molecular complexity index is 513. The smallest absolute Gasteiger partial charge is 0.119 e. The molecule has 0 aliphatic rings. The summed E-state index contributed by atoms with van der Waals surface area (Å²) in [7, 11) is 0. The highest BCUT2D eigenvalue weighted by Crippen LogP contribution is 2.22. The van der Waals surface area contributed by atoms with E-state index in [1.807, 2.05) is 30.3 Å². The summed E-state index contributed by atoms with van der Waals surface area (Å²) >= 11 is 7.23. The molecule has 0 saturated heterocycles. The van der Waals surface area contributed by atoms with Crippen LogP contribution in [-0.2, 0) is 6.42 Å². The molecule has 20 heavy (non-hydrogen) atoms. The SMILES string of the molecule is BrCC(CCOc1ccccc1)Cc1ccccc1Br. The van der Waals surface area contributed by atoms with Crippen molar-refractivity contribution in [1.82, 2.24) is 0 Å². The molecule has 0 radical (unpaired) electrons. The van der Waals surface area contributed by atoms with Crippen LogP contribution in [0.2, 0.25) is 0 Å². The molecule has 0 saturated carbocycles. The van der Waals surface area contributed by atoms with Crippen molar-refractivity contribution in [3.63, 3.8) is 0 Å². The summed E-state index contributed by atoms with van der Waals surface area (Å²) < 4.78 is 6.96. The molecule has 2 aromatic rings. The summed E-state index contributed by atoms with van der Waals surface area (Å²) in [4.78, 5) is 0. The molecule has 2 aromatic carbocycles. The largest absolute Gasteiger partial charge is 0.494 e. The van der Waals surface area contributed by atoms with Gasteiger partial charge in [-0.3, -0.25) is 0 Å². The van der Waals surface area contributed by atoms with E-state index in [9.17, 15) is 0 Å². The molecule has 0 heterocycles. The van der Waals surface area contributed by atoms with E-state index >= 15 is 0 Å². The molecule has 1 atom stereocenters. The minimum absolute atomic E-state index is 0.581. The zero-order chi connectivity index (χ0) is 14.2. The summed E-state index contributed by atoms with van der Waals surface area (Å²) in [6.07, 6.45) is 2.10. The number of rotatable bonds is 7. The van der Waals surface area contributed by atoms with E-state index in [0.717, 1.165) is 30.5 Å². The van der Waals surface area contributed by atoms with E-state index in [4.69, 9.17) is 4.74 Å². The maximum atomic E-state index is 5.77. The van der Waals surface area contributed by atoms with Gasteiger partial charge in [-0.25, -0.2) is 0 Å². The number of ether oxygens (including phenoxy) is 1. The number of hydrogen-bond acceptors (Lipinski definition) is 1. The van der Waals surface area contributed by atoms with Gasteiger partial charge in [0.15, 0.2) is 0 Å². The molecule has 0 aromatic heterocycles. The van der Waals surface area contributed by atoms with Crippen LogP contribution in [0.15, 0.2) is 59.1 Å². The van der Waals surface area contributed by atoms with E-state index in [0.29, 0.717) is 5.92 Å². The fraction of sp³-hybridized carbons (Fsp3) is 0.294. The fourth-order valence-electron chi connectivity index (χ4n) is 2.07. The Morgan fingerprint density at radius 1 is 0.950 bits per heavy atom. The standard InChI is InChI=1S/C17H18Br2O/c18-13-14(12-15-6-4-5-9-17(15)19)10-11-20-16-7-2-1-3-8-16/h1-9,14H,10-13H2. The van der Waals surface area contributed by atoms with Crippen LogP contribution in [0.1, 0.15) is 12.0 Å². The van der Waals surface area contributed by atoms with Gasteiger partial charge in [-0.2, -0.15) is 0 Å². The number of alkyl halides is 1. The lowest BCUT2D eigenvalue weighted by molar-refractivity contribution is 0.285. The molecule has 0 aliphatic carbocycles. The van der Waals surface area contributed by atoms with Gasteiger partial charge in [-0.1, -0.05) is 68.3 Å². The van der Waals surface area contributed by atoms with Crippen molar-refractivity contribution in [2.24, 2.45) is 5.92 Å². The molecule has 0 fully saturated rings. The zero-order valence-electron chi connectivity index (χ0n) is 11.3. The Morgan fingerprint density at radius 2 is 1.65 bits per heavy atom. The predicted molar refractivity (Wildman–Crippen MR) is 91.7 cm³/mol. The minimum atomic E-state index is 0.581. The molecule has 0 spiro atoms. The van der Waals surface area contributed by atoms with Crippen LogP contribution >= 0.6 is 31.9 Å². The van der Waals surface area contributed by atoms with E-state index in [1.165, 1.54) is 10.0 Å². The fourth-order valence-corrected chi connectivity index (χ4v) is 3.07. The third-order valence-electron chi connectivity index (χ3n) is 3.22. The van der Waals surface area contributed by atoms with Crippen LogP contribution < -0.4 is 4.74 Å². The first-order valence-electron chi connectivity index (χ1n) is 6.77. The monoisotopic (exact) mass is 396 g/mol. The second-order valence-corrected chi connectivity index (χ2v) is 6.27. The Balaban J connectivity index is 1.82. The van der Waals surface area contributed by atoms with E-state index < -0.39 is 0 Å². The maximum Gasteiger partial charge on any atom is 0.119 e. The first kappa shape index (κ1) is 15.6. The minimum Gasteiger partial charge on any atom is -0.494 e. The quantitative estimate of drug-likeness (QED) is 0.562. The average molecular weight is 398 g/mol. The molecular formula is C17H18Br2O. The van der Waals surface area contributed by atoms with Gasteiger partial charge < -0.3 is 4.74 Å². The summed E-state index contributed by atoms with van der Waals surface area (Å²) in [6.45, 7) is 0.755. The Labute approximate surface area is 137 Å². The third kappa shape index (κ3) is 4.95. The van der Waals surface area contributed by atoms with Crippen LogP contribution in [0.3, 0.4) is 0 Å². The lowest BCUT2D eigenvalue weighted by Gasteiger charge is -2.15. The van der Waals surface area contributed by atoms with Crippen LogP contribution in [0.5, 0.6) is 5.75 Å². The second-order valence-electron chi connectivity index (χ2n) is 4.77. The predicted octanol–water partition coefficient (Wildman–Crippen LogP) is 5.47. The summed E-state index contributed by atoms with van der Waals surface area (Å²) in [5.74, 6) is 1.53. The lowest BCUT2D eigenvalue weighted by Crippen LogP contribution is -2.11. The van der Waals surface area contributed by atoms with Crippen molar-refractivity contribution in [3.8, 4) is 5.75 Å². The van der Waals surface area contributed by atoms with Gasteiger partial charge in [0, 0.05) is 9.80 Å². The first-order chi connectivity index (χ1) is 9.79. The number of hydrogen-bond donors (Lipinski definition) is 0. The third-order valence-corrected chi connectivity index (χ3v) is 4.91. The van der Waals surface area contributed by atoms with Gasteiger partial charge in [-0.15, -0.1) is 0 Å². The summed E-state index contributed by atoms with van der Waals surface area (Å²) in [5.41, 5.74) is 1.36. The normalized spacial score (nSPS) is 12.1. The van der Waals surface area contributed by atoms with Crippen LogP contribution in [0.4, 0.5) is 0 Å². The molecule has 1 unspecified atom stereocenters. The number of para-hydroxylation sites is 1. The Hall–Kier alpha value is -0.800. The van der Waals surface area contributed by atoms with Crippen LogP contribution in [-0.4, -0.2) is 11.9 Å². The molecule has 2 rings (SSSR count). The van der Waals surface area contributed by atoms with Crippen molar-refractivity contribution in [3.05, 3.63) is 64.6 Å². The van der Waals surface area contributed by atoms with Crippen LogP contribution in [0.25, 0.3) is 0 Å². The summed E-state index contributed by atoms with van der Waals surface area (Å²) in [6, 6.07) is 18.4. The molecular weight excluding hydrogens is 380 g/mol. The van der Waals surface area contributed by atoms with Crippen LogP contribution in [0, 0.1) is 5.92 Å². The van der Waals surface area contributed by atoms with Crippen molar-refractivity contribution in [1.29, 1.82) is 0 Å². The van der Waals surface area contributed by atoms with Gasteiger partial charge in [0.05, 0.1) is 6.61 Å². The molecule has 0 N–H and O–H groups in total. The maximum absolute atomic E-state index is 5.77. The van der Waals surface area contributed by atoms with Crippen molar-refractivity contribution >= 4 is 31.9 Å². The Morgan fingerprint density at radius 3 is 2.35 bits per heavy atom. The van der Waals surface area contributed by atoms with Gasteiger partial charge in [0.1, 0.15) is 5.75 Å². The van der Waals surface area contributed by atoms with Crippen molar-refractivity contribution < 1.29 is 4.74 Å². The van der Waals surface area contributed by atoms with Gasteiger partial charge in [-0.05, 0) is 42.5 Å². The zero-order valence-corrected chi connectivity index (χ0v) is 14.4. The summed E-state index contributed by atoms with van der Waals surface area (Å²) in [5, 5.41) is 0.993.